The van der Waals surface area contributed by atoms with Crippen LogP contribution in [-0.4, -0.2) is 18.2 Å². The van der Waals surface area contributed by atoms with Crippen LogP contribution in [0.25, 0.3) is 6.08 Å². The number of carbonyl (C=O) groups excluding carboxylic acids is 1. The summed E-state index contributed by atoms with van der Waals surface area (Å²) in [4.78, 5) is 11.3. The molecule has 0 heterocycles. The Kier molecular flexibility index (Phi) is 5.51. The predicted molar refractivity (Wildman–Crippen MR) is 74.6 cm³/mol. The first-order valence-corrected chi connectivity index (χ1v) is 6.35. The third kappa shape index (κ3) is 5.17. The molecule has 1 aromatic carbocycles. The van der Waals surface area contributed by atoms with E-state index in [4.69, 9.17) is 16.3 Å². The topological polar surface area (TPSA) is 38.3 Å². The van der Waals surface area contributed by atoms with Crippen molar-refractivity contribution in [3.63, 3.8) is 0 Å². The number of carbonyl (C=O) groups is 1. The van der Waals surface area contributed by atoms with Crippen LogP contribution < -0.4 is 5.32 Å². The minimum Gasteiger partial charge on any atom is -0.444 e. The molecule has 6 heteroatoms. The van der Waals surface area contributed by atoms with Gasteiger partial charge in [-0.3, -0.25) is 0 Å². The zero-order valence-corrected chi connectivity index (χ0v) is 12.2. The van der Waals surface area contributed by atoms with Crippen LogP contribution in [0.2, 0.25) is 5.02 Å². The van der Waals surface area contributed by atoms with Crippen LogP contribution >= 0.6 is 11.6 Å². The number of rotatable bonds is 3. The Balaban J connectivity index is 2.59. The summed E-state index contributed by atoms with van der Waals surface area (Å²) < 4.78 is 31.9. The monoisotopic (exact) mass is 303 g/mol. The Morgan fingerprint density at radius 1 is 1.40 bits per heavy atom. The van der Waals surface area contributed by atoms with Gasteiger partial charge in [0.1, 0.15) is 11.4 Å². The average Bonchev–Trinajstić information content (AvgIpc) is 2.31. The molecule has 0 aliphatic carbocycles. The SMILES string of the molecule is CC(C)(C)OC(=O)NCC=Cc1c(F)ccc(Cl)c1F. The second kappa shape index (κ2) is 6.70. The average molecular weight is 304 g/mol. The molecular weight excluding hydrogens is 288 g/mol. The van der Waals surface area contributed by atoms with E-state index < -0.39 is 23.3 Å². The molecule has 1 rings (SSSR count). The summed E-state index contributed by atoms with van der Waals surface area (Å²) in [5.74, 6) is -1.55. The molecule has 0 atom stereocenters. The standard InChI is InChI=1S/C14H16ClF2NO2/c1-14(2,3)20-13(19)18-8-4-5-9-11(16)7-6-10(15)12(9)17/h4-7H,8H2,1-3H3,(H,18,19). The third-order valence-corrected chi connectivity index (χ3v) is 2.42. The molecule has 0 saturated heterocycles. The lowest BCUT2D eigenvalue weighted by atomic mass is 10.2. The summed E-state index contributed by atoms with van der Waals surface area (Å²) in [6, 6.07) is 2.22. The maximum absolute atomic E-state index is 13.5. The lowest BCUT2D eigenvalue weighted by Gasteiger charge is -2.19. The fraction of sp³-hybridized carbons (Fsp3) is 0.357. The summed E-state index contributed by atoms with van der Waals surface area (Å²) >= 11 is 5.56. The van der Waals surface area contributed by atoms with E-state index in [9.17, 15) is 13.6 Å². The van der Waals surface area contributed by atoms with E-state index in [0.29, 0.717) is 0 Å². The zero-order valence-electron chi connectivity index (χ0n) is 11.5. The number of hydrogen-bond donors (Lipinski definition) is 1. The summed E-state index contributed by atoms with van der Waals surface area (Å²) in [6.45, 7) is 5.29. The van der Waals surface area contributed by atoms with Crippen molar-refractivity contribution in [1.29, 1.82) is 0 Å². The molecule has 110 valence electrons. The first-order chi connectivity index (χ1) is 9.20. The van der Waals surface area contributed by atoms with Gasteiger partial charge in [0.25, 0.3) is 0 Å². The molecule has 1 amide bonds. The highest BCUT2D eigenvalue weighted by atomic mass is 35.5. The maximum atomic E-state index is 13.5. The van der Waals surface area contributed by atoms with Crippen molar-refractivity contribution in [1.82, 2.24) is 5.32 Å². The van der Waals surface area contributed by atoms with Gasteiger partial charge in [0.05, 0.1) is 5.02 Å². The van der Waals surface area contributed by atoms with Gasteiger partial charge in [0, 0.05) is 12.1 Å². The van der Waals surface area contributed by atoms with Gasteiger partial charge in [-0.1, -0.05) is 23.8 Å². The smallest absolute Gasteiger partial charge is 0.407 e. The Morgan fingerprint density at radius 3 is 2.65 bits per heavy atom. The number of nitrogens with one attached hydrogen (secondary N) is 1. The van der Waals surface area contributed by atoms with E-state index in [1.807, 2.05) is 0 Å². The van der Waals surface area contributed by atoms with Crippen LogP contribution in [0.15, 0.2) is 18.2 Å². The normalized spacial score (nSPS) is 11.7. The number of halogens is 3. The fourth-order valence-electron chi connectivity index (χ4n) is 1.33. The van der Waals surface area contributed by atoms with Gasteiger partial charge >= 0.3 is 6.09 Å². The van der Waals surface area contributed by atoms with Gasteiger partial charge in [-0.2, -0.15) is 0 Å². The summed E-state index contributed by atoms with van der Waals surface area (Å²) in [7, 11) is 0. The summed E-state index contributed by atoms with van der Waals surface area (Å²) in [5, 5.41) is 2.28. The highest BCUT2D eigenvalue weighted by Crippen LogP contribution is 2.21. The molecule has 1 aromatic rings. The van der Waals surface area contributed by atoms with Crippen molar-refractivity contribution >= 4 is 23.8 Å². The van der Waals surface area contributed by atoms with E-state index in [-0.39, 0.29) is 17.1 Å². The van der Waals surface area contributed by atoms with Gasteiger partial charge in [-0.15, -0.1) is 0 Å². The second-order valence-electron chi connectivity index (χ2n) is 5.04. The molecule has 0 aliphatic heterocycles. The predicted octanol–water partition coefficient (Wildman–Crippen LogP) is 4.16. The van der Waals surface area contributed by atoms with E-state index in [0.717, 1.165) is 12.1 Å². The fourth-order valence-corrected chi connectivity index (χ4v) is 1.49. The van der Waals surface area contributed by atoms with Crippen LogP contribution in [0.4, 0.5) is 13.6 Å². The van der Waals surface area contributed by atoms with Gasteiger partial charge in [0.15, 0.2) is 5.82 Å². The number of benzene rings is 1. The number of alkyl carbamates (subject to hydrolysis) is 1. The second-order valence-corrected chi connectivity index (χ2v) is 5.45. The van der Waals surface area contributed by atoms with Crippen LogP contribution in [0.5, 0.6) is 0 Å². The first kappa shape index (κ1) is 16.4. The van der Waals surface area contributed by atoms with Gasteiger partial charge in [-0.05, 0) is 32.9 Å². The quantitative estimate of drug-likeness (QED) is 0.852. The largest absolute Gasteiger partial charge is 0.444 e. The van der Waals surface area contributed by atoms with Crippen LogP contribution in [-0.2, 0) is 4.74 Å². The van der Waals surface area contributed by atoms with Gasteiger partial charge < -0.3 is 10.1 Å². The van der Waals surface area contributed by atoms with Crippen molar-refractivity contribution in [2.24, 2.45) is 0 Å². The molecule has 0 unspecified atom stereocenters. The maximum Gasteiger partial charge on any atom is 0.407 e. The summed E-state index contributed by atoms with van der Waals surface area (Å²) in [5.41, 5.74) is -0.845. The lowest BCUT2D eigenvalue weighted by Crippen LogP contribution is -2.32. The van der Waals surface area contributed by atoms with Gasteiger partial charge in [0.2, 0.25) is 0 Å². The minimum absolute atomic E-state index is 0.0836. The molecule has 1 N–H and O–H groups in total. The van der Waals surface area contributed by atoms with Crippen molar-refractivity contribution in [3.8, 4) is 0 Å². The van der Waals surface area contributed by atoms with Crippen molar-refractivity contribution in [2.45, 2.75) is 26.4 Å². The molecular formula is C14H16ClF2NO2. The van der Waals surface area contributed by atoms with Crippen molar-refractivity contribution < 1.29 is 18.3 Å². The van der Waals surface area contributed by atoms with Crippen molar-refractivity contribution in [2.75, 3.05) is 6.54 Å². The first-order valence-electron chi connectivity index (χ1n) is 5.97. The molecule has 3 nitrogen and oxygen atoms in total. The molecule has 0 bridgehead atoms. The van der Waals surface area contributed by atoms with E-state index >= 15 is 0 Å². The van der Waals surface area contributed by atoms with E-state index in [1.165, 1.54) is 12.2 Å². The van der Waals surface area contributed by atoms with Crippen LogP contribution in [0, 0.1) is 11.6 Å². The lowest BCUT2D eigenvalue weighted by molar-refractivity contribution is 0.0534. The number of ether oxygens (including phenoxy) is 1. The third-order valence-electron chi connectivity index (χ3n) is 2.13. The van der Waals surface area contributed by atoms with E-state index in [1.54, 1.807) is 20.8 Å². The Labute approximate surface area is 121 Å². The zero-order chi connectivity index (χ0) is 15.3. The molecule has 0 radical (unpaired) electrons. The number of hydrogen-bond acceptors (Lipinski definition) is 2. The molecule has 0 aliphatic rings. The summed E-state index contributed by atoms with van der Waals surface area (Å²) in [6.07, 6.45) is 2.02. The molecule has 0 saturated carbocycles. The molecule has 0 fully saturated rings. The van der Waals surface area contributed by atoms with Crippen LogP contribution in [0.1, 0.15) is 26.3 Å². The Morgan fingerprint density at radius 2 is 2.05 bits per heavy atom. The highest BCUT2D eigenvalue weighted by Gasteiger charge is 2.15. The Hall–Kier alpha value is -1.62. The van der Waals surface area contributed by atoms with Crippen LogP contribution in [0.3, 0.4) is 0 Å². The molecule has 20 heavy (non-hydrogen) atoms. The Bertz CT molecular complexity index is 525. The molecule has 0 aromatic heterocycles. The van der Waals surface area contributed by atoms with Gasteiger partial charge in [-0.25, -0.2) is 13.6 Å². The minimum atomic E-state index is -0.833. The highest BCUT2D eigenvalue weighted by molar-refractivity contribution is 6.30. The number of amides is 1. The van der Waals surface area contributed by atoms with E-state index in [2.05, 4.69) is 5.32 Å². The molecule has 0 spiro atoms. The van der Waals surface area contributed by atoms with Crippen molar-refractivity contribution in [3.05, 3.63) is 40.4 Å².